The smallest absolute Gasteiger partial charge is 0.336 e. The predicted molar refractivity (Wildman–Crippen MR) is 104 cm³/mol. The Morgan fingerprint density at radius 1 is 1.22 bits per heavy atom. The van der Waals surface area contributed by atoms with Crippen LogP contribution in [0.4, 0.5) is 0 Å². The van der Waals surface area contributed by atoms with Crippen molar-refractivity contribution in [3.05, 3.63) is 11.6 Å². The van der Waals surface area contributed by atoms with Gasteiger partial charge in [-0.2, -0.15) is 0 Å². The van der Waals surface area contributed by atoms with E-state index in [9.17, 15) is 9.90 Å². The molecule has 4 atom stereocenters. The number of hydrogen-bond donors (Lipinski definition) is 1. The van der Waals surface area contributed by atoms with Crippen molar-refractivity contribution in [1.82, 2.24) is 0 Å². The molecule has 0 bridgehead atoms. The standard InChI is InChI=1S/C20H34O6Si/c1-19(2,3)27(5,6)26-17-15(21)13(18(22)23-4)12-14-16(17)25-20(24-14)10-8-7-9-11-20/h12,14-17,21H,7-11H2,1-6H3/t14-,15-,16-,17-/m1/s1. The van der Waals surface area contributed by atoms with Gasteiger partial charge in [-0.3, -0.25) is 0 Å². The van der Waals surface area contributed by atoms with E-state index in [-0.39, 0.29) is 10.6 Å². The molecule has 3 aliphatic rings. The molecule has 1 aliphatic heterocycles. The number of methoxy groups -OCH3 is 1. The lowest BCUT2D eigenvalue weighted by Gasteiger charge is -2.44. The molecule has 0 radical (unpaired) electrons. The van der Waals surface area contributed by atoms with E-state index in [1.54, 1.807) is 6.08 Å². The second kappa shape index (κ2) is 7.26. The predicted octanol–water partition coefficient (Wildman–Crippen LogP) is 3.30. The largest absolute Gasteiger partial charge is 0.466 e. The van der Waals surface area contributed by atoms with Crippen LogP contribution >= 0.6 is 0 Å². The summed E-state index contributed by atoms with van der Waals surface area (Å²) in [7, 11) is -0.885. The summed E-state index contributed by atoms with van der Waals surface area (Å²) in [4.78, 5) is 12.3. The van der Waals surface area contributed by atoms with Crippen LogP contribution in [-0.2, 0) is 23.4 Å². The fourth-order valence-electron chi connectivity index (χ4n) is 3.95. The number of aliphatic hydroxyl groups is 1. The monoisotopic (exact) mass is 398 g/mol. The lowest BCUT2D eigenvalue weighted by molar-refractivity contribution is -0.199. The van der Waals surface area contributed by atoms with Crippen LogP contribution in [-0.4, -0.2) is 56.7 Å². The first-order valence-corrected chi connectivity index (χ1v) is 12.9. The van der Waals surface area contributed by atoms with Crippen molar-refractivity contribution in [3.8, 4) is 0 Å². The zero-order chi connectivity index (χ0) is 20.0. The third kappa shape index (κ3) is 3.89. The Bertz CT molecular complexity index is 602. The Hall–Kier alpha value is -0.733. The maximum absolute atomic E-state index is 12.3. The first-order chi connectivity index (χ1) is 12.5. The van der Waals surface area contributed by atoms with Crippen LogP contribution in [0.15, 0.2) is 11.6 Å². The minimum Gasteiger partial charge on any atom is -0.466 e. The fourth-order valence-corrected chi connectivity index (χ4v) is 5.25. The zero-order valence-electron chi connectivity index (χ0n) is 17.4. The van der Waals surface area contributed by atoms with E-state index in [0.717, 1.165) is 25.7 Å². The number of carbonyl (C=O) groups excluding carboxylic acids is 1. The molecule has 1 saturated heterocycles. The van der Waals surface area contributed by atoms with Gasteiger partial charge in [0.2, 0.25) is 0 Å². The highest BCUT2D eigenvalue weighted by molar-refractivity contribution is 6.74. The zero-order valence-corrected chi connectivity index (χ0v) is 18.4. The molecule has 6 nitrogen and oxygen atoms in total. The van der Waals surface area contributed by atoms with E-state index in [4.69, 9.17) is 18.6 Å². The topological polar surface area (TPSA) is 74.2 Å². The third-order valence-corrected chi connectivity index (χ3v) is 11.1. The number of aliphatic hydroxyl groups excluding tert-OH is 1. The van der Waals surface area contributed by atoms with E-state index in [1.807, 2.05) is 0 Å². The van der Waals surface area contributed by atoms with Gasteiger partial charge in [0.1, 0.15) is 24.4 Å². The van der Waals surface area contributed by atoms with Gasteiger partial charge in [0.15, 0.2) is 14.1 Å². The molecule has 3 rings (SSSR count). The Morgan fingerprint density at radius 2 is 1.85 bits per heavy atom. The molecule has 2 aliphatic carbocycles. The first kappa shape index (κ1) is 21.0. The van der Waals surface area contributed by atoms with Crippen molar-refractivity contribution in [3.63, 3.8) is 0 Å². The van der Waals surface area contributed by atoms with Crippen LogP contribution in [0.3, 0.4) is 0 Å². The Kier molecular flexibility index (Phi) is 5.64. The number of esters is 1. The van der Waals surface area contributed by atoms with Crippen molar-refractivity contribution in [2.24, 2.45) is 0 Å². The summed E-state index contributed by atoms with van der Waals surface area (Å²) in [5, 5.41) is 11.0. The van der Waals surface area contributed by atoms with Crippen LogP contribution in [0.5, 0.6) is 0 Å². The molecule has 1 spiro atoms. The van der Waals surface area contributed by atoms with Gasteiger partial charge in [-0.25, -0.2) is 4.79 Å². The number of ether oxygens (including phenoxy) is 3. The normalized spacial score (nSPS) is 33.5. The minimum absolute atomic E-state index is 0.0310. The van der Waals surface area contributed by atoms with Gasteiger partial charge in [0, 0.05) is 12.8 Å². The molecule has 0 amide bonds. The first-order valence-electron chi connectivity index (χ1n) is 10.0. The maximum atomic E-state index is 12.3. The summed E-state index contributed by atoms with van der Waals surface area (Å²) in [5.74, 6) is -1.16. The van der Waals surface area contributed by atoms with Crippen molar-refractivity contribution < 1.29 is 28.5 Å². The van der Waals surface area contributed by atoms with E-state index >= 15 is 0 Å². The van der Waals surface area contributed by atoms with Gasteiger partial charge in [-0.15, -0.1) is 0 Å². The molecule has 0 aromatic carbocycles. The molecule has 154 valence electrons. The van der Waals surface area contributed by atoms with Gasteiger partial charge in [0.25, 0.3) is 0 Å². The summed E-state index contributed by atoms with van der Waals surface area (Å²) in [6.45, 7) is 10.7. The third-order valence-electron chi connectivity index (χ3n) is 6.60. The van der Waals surface area contributed by atoms with E-state index in [2.05, 4.69) is 33.9 Å². The molecule has 1 saturated carbocycles. The Balaban J connectivity index is 1.93. The molecule has 1 heterocycles. The number of rotatable bonds is 3. The highest BCUT2D eigenvalue weighted by atomic mass is 28.4. The molecular weight excluding hydrogens is 364 g/mol. The van der Waals surface area contributed by atoms with Crippen LogP contribution < -0.4 is 0 Å². The van der Waals surface area contributed by atoms with Gasteiger partial charge in [0.05, 0.1) is 12.7 Å². The number of carbonyl (C=O) groups is 1. The summed E-state index contributed by atoms with van der Waals surface area (Å²) < 4.78 is 24.2. The minimum atomic E-state index is -2.20. The van der Waals surface area contributed by atoms with Gasteiger partial charge >= 0.3 is 5.97 Å². The molecule has 1 N–H and O–H groups in total. The molecule has 7 heteroatoms. The molecule has 0 aromatic rings. The summed E-state index contributed by atoms with van der Waals surface area (Å²) in [5.41, 5.74) is 0.207. The molecule has 27 heavy (non-hydrogen) atoms. The van der Waals surface area contributed by atoms with Crippen LogP contribution in [0.2, 0.25) is 18.1 Å². The second-order valence-electron chi connectivity index (χ2n) is 9.54. The molecule has 0 unspecified atom stereocenters. The summed E-state index contributed by atoms with van der Waals surface area (Å²) in [6, 6.07) is 0. The lowest BCUT2D eigenvalue weighted by Crippen LogP contribution is -2.56. The average Bonchev–Trinajstić information content (AvgIpc) is 2.93. The highest BCUT2D eigenvalue weighted by Crippen LogP contribution is 2.47. The van der Waals surface area contributed by atoms with Gasteiger partial charge in [-0.1, -0.05) is 27.2 Å². The van der Waals surface area contributed by atoms with Crippen molar-refractivity contribution in [2.45, 2.75) is 101 Å². The highest BCUT2D eigenvalue weighted by Gasteiger charge is 2.56. The molecular formula is C20H34O6Si. The van der Waals surface area contributed by atoms with Crippen LogP contribution in [0.1, 0.15) is 52.9 Å². The van der Waals surface area contributed by atoms with Crippen molar-refractivity contribution >= 4 is 14.3 Å². The molecule has 2 fully saturated rings. The summed E-state index contributed by atoms with van der Waals surface area (Å²) in [6.07, 6.45) is 4.10. The maximum Gasteiger partial charge on any atom is 0.336 e. The average molecular weight is 399 g/mol. The Morgan fingerprint density at radius 3 is 2.41 bits per heavy atom. The van der Waals surface area contributed by atoms with E-state index in [1.165, 1.54) is 13.5 Å². The SMILES string of the molecule is COC(=O)C1=C[C@H]2OC3(CCCCC3)O[C@H]2[C@H](O[Si](C)(C)C(C)(C)C)[C@@H]1O. The second-order valence-corrected chi connectivity index (χ2v) is 14.3. The van der Waals surface area contributed by atoms with E-state index in [0.29, 0.717) is 0 Å². The molecule has 0 aromatic heterocycles. The van der Waals surface area contributed by atoms with Crippen LogP contribution in [0.25, 0.3) is 0 Å². The van der Waals surface area contributed by atoms with Gasteiger partial charge < -0.3 is 23.7 Å². The lowest BCUT2D eigenvalue weighted by atomic mass is 9.89. The van der Waals surface area contributed by atoms with Gasteiger partial charge in [-0.05, 0) is 37.0 Å². The van der Waals surface area contributed by atoms with Crippen LogP contribution in [0, 0.1) is 0 Å². The van der Waals surface area contributed by atoms with Crippen molar-refractivity contribution in [1.29, 1.82) is 0 Å². The number of fused-ring (bicyclic) bond motifs is 1. The Labute approximate surface area is 163 Å². The van der Waals surface area contributed by atoms with E-state index < -0.39 is 44.5 Å². The fraction of sp³-hybridized carbons (Fsp3) is 0.850. The summed E-state index contributed by atoms with van der Waals surface area (Å²) >= 11 is 0. The quantitative estimate of drug-likeness (QED) is 0.581. The number of hydrogen-bond acceptors (Lipinski definition) is 6. The van der Waals surface area contributed by atoms with Crippen molar-refractivity contribution in [2.75, 3.05) is 7.11 Å².